The molecular weight excluding hydrogens is 262 g/mol. The maximum atomic E-state index is 12.5. The zero-order valence-electron chi connectivity index (χ0n) is 13.4. The molecule has 1 amide bonds. The molecule has 1 aromatic rings. The Hall–Kier alpha value is -1.55. The molecule has 1 aliphatic rings. The number of amides is 1. The van der Waals surface area contributed by atoms with Gasteiger partial charge in [0.25, 0.3) is 5.91 Å². The first-order valence-corrected chi connectivity index (χ1v) is 7.98. The van der Waals surface area contributed by atoms with Gasteiger partial charge in [0.1, 0.15) is 0 Å². The molecule has 0 spiro atoms. The van der Waals surface area contributed by atoms with Crippen LogP contribution in [0.15, 0.2) is 18.2 Å². The van der Waals surface area contributed by atoms with Crippen LogP contribution < -0.4 is 10.6 Å². The zero-order chi connectivity index (χ0) is 15.2. The van der Waals surface area contributed by atoms with Crippen molar-refractivity contribution in [2.75, 3.05) is 31.5 Å². The summed E-state index contributed by atoms with van der Waals surface area (Å²) in [7, 11) is 0. The smallest absolute Gasteiger partial charge is 0.253 e. The van der Waals surface area contributed by atoms with Crippen LogP contribution in [0, 0.1) is 6.92 Å². The highest BCUT2D eigenvalue weighted by Gasteiger charge is 2.18. The van der Waals surface area contributed by atoms with E-state index < -0.39 is 0 Å². The van der Waals surface area contributed by atoms with Gasteiger partial charge in [-0.3, -0.25) is 4.79 Å². The molecule has 21 heavy (non-hydrogen) atoms. The fraction of sp³-hybridized carbons (Fsp3) is 0.588. The van der Waals surface area contributed by atoms with Crippen LogP contribution in [0.1, 0.15) is 42.6 Å². The van der Waals surface area contributed by atoms with Crippen LogP contribution in [0.4, 0.5) is 5.69 Å². The van der Waals surface area contributed by atoms with Crippen molar-refractivity contribution in [3.8, 4) is 0 Å². The van der Waals surface area contributed by atoms with Crippen molar-refractivity contribution in [1.29, 1.82) is 0 Å². The number of nitrogens with one attached hydrogen (secondary N) is 2. The van der Waals surface area contributed by atoms with Crippen LogP contribution in [-0.2, 0) is 0 Å². The SMILES string of the molecule is CCNc1ccc(C)cc1C(=O)NC(C)CN1CCCC1. The average molecular weight is 289 g/mol. The molecule has 4 heteroatoms. The molecule has 1 aliphatic heterocycles. The van der Waals surface area contributed by atoms with Crippen LogP contribution in [0.25, 0.3) is 0 Å². The van der Waals surface area contributed by atoms with E-state index in [0.29, 0.717) is 0 Å². The molecule has 1 heterocycles. The van der Waals surface area contributed by atoms with Gasteiger partial charge < -0.3 is 15.5 Å². The molecule has 1 fully saturated rings. The van der Waals surface area contributed by atoms with E-state index in [1.807, 2.05) is 32.0 Å². The molecular formula is C17H27N3O. The van der Waals surface area contributed by atoms with Gasteiger partial charge in [0.05, 0.1) is 5.56 Å². The lowest BCUT2D eigenvalue weighted by Crippen LogP contribution is -2.41. The fourth-order valence-electron chi connectivity index (χ4n) is 2.89. The maximum absolute atomic E-state index is 12.5. The zero-order valence-corrected chi connectivity index (χ0v) is 13.4. The third kappa shape index (κ3) is 4.46. The monoisotopic (exact) mass is 289 g/mol. The van der Waals surface area contributed by atoms with E-state index in [4.69, 9.17) is 0 Å². The van der Waals surface area contributed by atoms with Gasteiger partial charge >= 0.3 is 0 Å². The number of benzene rings is 1. The van der Waals surface area contributed by atoms with Gasteiger partial charge in [-0.15, -0.1) is 0 Å². The summed E-state index contributed by atoms with van der Waals surface area (Å²) in [6.07, 6.45) is 2.56. The molecule has 1 aromatic carbocycles. The second-order valence-corrected chi connectivity index (χ2v) is 5.96. The van der Waals surface area contributed by atoms with Crippen molar-refractivity contribution in [1.82, 2.24) is 10.2 Å². The minimum Gasteiger partial charge on any atom is -0.385 e. The lowest BCUT2D eigenvalue weighted by atomic mass is 10.1. The highest BCUT2D eigenvalue weighted by molar-refractivity contribution is 6.00. The van der Waals surface area contributed by atoms with Crippen LogP contribution in [0.2, 0.25) is 0 Å². The Balaban J connectivity index is 1.99. The van der Waals surface area contributed by atoms with E-state index in [-0.39, 0.29) is 11.9 Å². The van der Waals surface area contributed by atoms with Crippen LogP contribution >= 0.6 is 0 Å². The molecule has 2 rings (SSSR count). The van der Waals surface area contributed by atoms with Gasteiger partial charge in [-0.25, -0.2) is 0 Å². The standard InChI is InChI=1S/C17H27N3O/c1-4-18-16-8-7-13(2)11-15(16)17(21)19-14(3)12-20-9-5-6-10-20/h7-8,11,14,18H,4-6,9-10,12H2,1-3H3,(H,19,21). The summed E-state index contributed by atoms with van der Waals surface area (Å²) in [5.74, 6) is 0.0151. The van der Waals surface area contributed by atoms with E-state index in [1.165, 1.54) is 12.8 Å². The Morgan fingerprint density at radius 1 is 1.33 bits per heavy atom. The van der Waals surface area contributed by atoms with Crippen LogP contribution in [0.5, 0.6) is 0 Å². The summed E-state index contributed by atoms with van der Waals surface area (Å²) in [4.78, 5) is 14.9. The molecule has 4 nitrogen and oxygen atoms in total. The van der Waals surface area contributed by atoms with Gasteiger partial charge in [0.2, 0.25) is 0 Å². The van der Waals surface area contributed by atoms with Crippen molar-refractivity contribution < 1.29 is 4.79 Å². The molecule has 1 saturated heterocycles. The molecule has 0 bridgehead atoms. The predicted molar refractivity (Wildman–Crippen MR) is 87.9 cm³/mol. The Bertz CT molecular complexity index is 481. The number of hydrogen-bond donors (Lipinski definition) is 2. The van der Waals surface area contributed by atoms with E-state index >= 15 is 0 Å². The third-order valence-corrected chi connectivity index (χ3v) is 3.90. The Morgan fingerprint density at radius 3 is 2.71 bits per heavy atom. The van der Waals surface area contributed by atoms with Crippen molar-refractivity contribution in [2.45, 2.75) is 39.7 Å². The lowest BCUT2D eigenvalue weighted by Gasteiger charge is -2.22. The van der Waals surface area contributed by atoms with Gasteiger partial charge in [0, 0.05) is 24.8 Å². The topological polar surface area (TPSA) is 44.4 Å². The highest BCUT2D eigenvalue weighted by Crippen LogP contribution is 2.17. The number of nitrogens with zero attached hydrogens (tertiary/aromatic N) is 1. The van der Waals surface area contributed by atoms with Gasteiger partial charge in [-0.2, -0.15) is 0 Å². The summed E-state index contributed by atoms with van der Waals surface area (Å²) < 4.78 is 0. The largest absolute Gasteiger partial charge is 0.385 e. The molecule has 0 aliphatic carbocycles. The molecule has 2 N–H and O–H groups in total. The second-order valence-electron chi connectivity index (χ2n) is 5.96. The number of carbonyl (C=O) groups excluding carboxylic acids is 1. The summed E-state index contributed by atoms with van der Waals surface area (Å²) in [5.41, 5.74) is 2.76. The normalized spacial score (nSPS) is 16.7. The fourth-order valence-corrected chi connectivity index (χ4v) is 2.89. The van der Waals surface area contributed by atoms with E-state index in [2.05, 4.69) is 22.5 Å². The summed E-state index contributed by atoms with van der Waals surface area (Å²) >= 11 is 0. The number of rotatable bonds is 6. The summed E-state index contributed by atoms with van der Waals surface area (Å²) in [6, 6.07) is 6.14. The molecule has 116 valence electrons. The first kappa shape index (κ1) is 15.8. The van der Waals surface area contributed by atoms with Crippen molar-refractivity contribution in [2.24, 2.45) is 0 Å². The van der Waals surface area contributed by atoms with Crippen molar-refractivity contribution >= 4 is 11.6 Å². The highest BCUT2D eigenvalue weighted by atomic mass is 16.1. The molecule has 0 aromatic heterocycles. The Labute approximate surface area is 127 Å². The quantitative estimate of drug-likeness (QED) is 0.846. The van der Waals surface area contributed by atoms with E-state index in [0.717, 1.165) is 43.0 Å². The van der Waals surface area contributed by atoms with Gasteiger partial charge in [-0.05, 0) is 58.8 Å². The lowest BCUT2D eigenvalue weighted by molar-refractivity contribution is 0.0932. The molecule has 1 atom stereocenters. The van der Waals surface area contributed by atoms with Crippen molar-refractivity contribution in [3.05, 3.63) is 29.3 Å². The molecule has 1 unspecified atom stereocenters. The average Bonchev–Trinajstić information content (AvgIpc) is 2.93. The molecule has 0 saturated carbocycles. The van der Waals surface area contributed by atoms with Gasteiger partial charge in [-0.1, -0.05) is 11.6 Å². The minimum absolute atomic E-state index is 0.0151. The van der Waals surface area contributed by atoms with E-state index in [1.54, 1.807) is 0 Å². The van der Waals surface area contributed by atoms with E-state index in [9.17, 15) is 4.79 Å². The molecule has 0 radical (unpaired) electrons. The Morgan fingerprint density at radius 2 is 2.05 bits per heavy atom. The first-order chi connectivity index (χ1) is 10.1. The Kier molecular flexibility index (Phi) is 5.62. The number of hydrogen-bond acceptors (Lipinski definition) is 3. The number of carbonyl (C=O) groups is 1. The number of likely N-dealkylation sites (tertiary alicyclic amines) is 1. The summed E-state index contributed by atoms with van der Waals surface area (Å²) in [5, 5.41) is 6.39. The van der Waals surface area contributed by atoms with Crippen LogP contribution in [-0.4, -0.2) is 43.0 Å². The van der Waals surface area contributed by atoms with Gasteiger partial charge in [0.15, 0.2) is 0 Å². The minimum atomic E-state index is 0.0151. The predicted octanol–water partition coefficient (Wildman–Crippen LogP) is 2.64. The summed E-state index contributed by atoms with van der Waals surface area (Å²) in [6.45, 7) is 10.2. The second kappa shape index (κ2) is 7.46. The maximum Gasteiger partial charge on any atom is 0.253 e. The van der Waals surface area contributed by atoms with Crippen LogP contribution in [0.3, 0.4) is 0 Å². The third-order valence-electron chi connectivity index (χ3n) is 3.90. The van der Waals surface area contributed by atoms with Crippen molar-refractivity contribution in [3.63, 3.8) is 0 Å². The number of aryl methyl sites for hydroxylation is 1. The number of anilines is 1. The first-order valence-electron chi connectivity index (χ1n) is 7.98.